The molecule has 2 rings (SSSR count). The quantitative estimate of drug-likeness (QED) is 0.769. The van der Waals surface area contributed by atoms with Crippen LogP contribution in [0.15, 0.2) is 17.9 Å². The molecule has 2 aromatic rings. The van der Waals surface area contributed by atoms with Crippen molar-refractivity contribution in [3.8, 4) is 0 Å². The molecule has 0 fully saturated rings. The van der Waals surface area contributed by atoms with Crippen LogP contribution < -0.4 is 5.32 Å². The van der Waals surface area contributed by atoms with Crippen LogP contribution >= 0.6 is 11.3 Å². The molecule has 0 saturated heterocycles. The van der Waals surface area contributed by atoms with Crippen molar-refractivity contribution in [1.29, 1.82) is 0 Å². The number of hydrogen-bond donors (Lipinski definition) is 1. The van der Waals surface area contributed by atoms with Gasteiger partial charge in [-0.25, -0.2) is 14.6 Å². The van der Waals surface area contributed by atoms with E-state index in [0.717, 1.165) is 30.3 Å². The van der Waals surface area contributed by atoms with Crippen LogP contribution in [0.4, 0.5) is 0 Å². The van der Waals surface area contributed by atoms with E-state index in [1.165, 1.54) is 0 Å². The van der Waals surface area contributed by atoms with E-state index in [9.17, 15) is 0 Å². The lowest BCUT2D eigenvalue weighted by molar-refractivity contribution is 0.624. The summed E-state index contributed by atoms with van der Waals surface area (Å²) in [5.74, 6) is 0.838. The first-order valence-corrected chi connectivity index (χ1v) is 6.24. The molecular formula is C10H15N5S. The van der Waals surface area contributed by atoms with Gasteiger partial charge in [-0.2, -0.15) is 5.10 Å². The number of nitrogens with one attached hydrogen (secondary N) is 1. The predicted octanol–water partition coefficient (Wildman–Crippen LogP) is 1.28. The Hall–Kier alpha value is -1.27. The molecule has 0 aromatic carbocycles. The lowest BCUT2D eigenvalue weighted by atomic mass is 10.5. The number of rotatable bonds is 6. The van der Waals surface area contributed by atoms with Crippen LogP contribution in [-0.2, 0) is 13.1 Å². The summed E-state index contributed by atoms with van der Waals surface area (Å²) in [5, 5.41) is 10.7. The van der Waals surface area contributed by atoms with Crippen molar-refractivity contribution >= 4 is 11.3 Å². The second-order valence-electron chi connectivity index (χ2n) is 3.46. The minimum Gasteiger partial charge on any atom is -0.310 e. The zero-order valence-electron chi connectivity index (χ0n) is 9.26. The summed E-state index contributed by atoms with van der Waals surface area (Å²) in [6.45, 7) is 4.58. The summed E-state index contributed by atoms with van der Waals surface area (Å²) in [5.41, 5.74) is 0. The highest BCUT2D eigenvalue weighted by Gasteiger charge is 2.02. The smallest absolute Gasteiger partial charge is 0.164 e. The maximum Gasteiger partial charge on any atom is 0.164 e. The zero-order valence-corrected chi connectivity index (χ0v) is 10.1. The minimum absolute atomic E-state index is 0.707. The van der Waals surface area contributed by atoms with Gasteiger partial charge >= 0.3 is 0 Å². The van der Waals surface area contributed by atoms with Crippen molar-refractivity contribution in [3.05, 3.63) is 28.7 Å². The first-order chi connectivity index (χ1) is 7.88. The molecule has 0 unspecified atom stereocenters. The van der Waals surface area contributed by atoms with E-state index in [1.807, 2.05) is 10.1 Å². The Balaban J connectivity index is 1.87. The van der Waals surface area contributed by atoms with Gasteiger partial charge in [0.25, 0.3) is 0 Å². The van der Waals surface area contributed by atoms with Gasteiger partial charge in [0.05, 0.1) is 13.1 Å². The highest BCUT2D eigenvalue weighted by molar-refractivity contribution is 7.09. The van der Waals surface area contributed by atoms with Crippen molar-refractivity contribution in [3.63, 3.8) is 0 Å². The lowest BCUT2D eigenvalue weighted by Gasteiger charge is -1.98. The molecule has 5 nitrogen and oxygen atoms in total. The Kier molecular flexibility index (Phi) is 4.01. The van der Waals surface area contributed by atoms with Gasteiger partial charge in [0.1, 0.15) is 11.3 Å². The normalized spacial score (nSPS) is 10.8. The predicted molar refractivity (Wildman–Crippen MR) is 63.2 cm³/mol. The molecule has 0 spiro atoms. The van der Waals surface area contributed by atoms with Crippen LogP contribution in [0, 0.1) is 0 Å². The standard InChI is InChI=1S/C10H15N5S/c1-2-3-11-6-9-13-8-15(14-9)7-10-12-4-5-16-10/h4-5,8,11H,2-3,6-7H2,1H3. The Bertz CT molecular complexity index is 409. The molecule has 6 heteroatoms. The molecule has 0 aliphatic heterocycles. The van der Waals surface area contributed by atoms with E-state index < -0.39 is 0 Å². The maximum absolute atomic E-state index is 4.37. The summed E-state index contributed by atoms with van der Waals surface area (Å²) in [6, 6.07) is 0. The Morgan fingerprint density at radius 2 is 2.38 bits per heavy atom. The summed E-state index contributed by atoms with van der Waals surface area (Å²) in [4.78, 5) is 8.45. The molecule has 16 heavy (non-hydrogen) atoms. The third kappa shape index (κ3) is 3.11. The molecule has 2 aromatic heterocycles. The SMILES string of the molecule is CCCNCc1ncn(Cc2nccs2)n1. The first kappa shape index (κ1) is 11.2. The lowest BCUT2D eigenvalue weighted by Crippen LogP contribution is -2.15. The highest BCUT2D eigenvalue weighted by Crippen LogP contribution is 2.05. The molecular weight excluding hydrogens is 222 g/mol. The second kappa shape index (κ2) is 5.72. The van der Waals surface area contributed by atoms with Gasteiger partial charge in [-0.1, -0.05) is 6.92 Å². The molecule has 1 N–H and O–H groups in total. The van der Waals surface area contributed by atoms with Gasteiger partial charge in [-0.05, 0) is 13.0 Å². The van der Waals surface area contributed by atoms with Crippen LogP contribution in [0.5, 0.6) is 0 Å². The summed E-state index contributed by atoms with van der Waals surface area (Å²) in [7, 11) is 0. The van der Waals surface area contributed by atoms with Gasteiger partial charge in [-0.15, -0.1) is 11.3 Å². The third-order valence-corrected chi connectivity index (χ3v) is 2.84. The van der Waals surface area contributed by atoms with Crippen molar-refractivity contribution in [2.75, 3.05) is 6.54 Å². The molecule has 0 amide bonds. The summed E-state index contributed by atoms with van der Waals surface area (Å²) < 4.78 is 1.82. The fraction of sp³-hybridized carbons (Fsp3) is 0.500. The molecule has 86 valence electrons. The molecule has 0 radical (unpaired) electrons. The molecule has 2 heterocycles. The summed E-state index contributed by atoms with van der Waals surface area (Å²) in [6.07, 6.45) is 4.69. The monoisotopic (exact) mass is 237 g/mol. The van der Waals surface area contributed by atoms with Crippen LogP contribution in [-0.4, -0.2) is 26.3 Å². The van der Waals surface area contributed by atoms with E-state index >= 15 is 0 Å². The van der Waals surface area contributed by atoms with Crippen molar-refractivity contribution in [2.24, 2.45) is 0 Å². The van der Waals surface area contributed by atoms with E-state index in [0.29, 0.717) is 6.54 Å². The van der Waals surface area contributed by atoms with Gasteiger partial charge in [0.2, 0.25) is 0 Å². The van der Waals surface area contributed by atoms with Crippen LogP contribution in [0.3, 0.4) is 0 Å². The Labute approximate surface area is 98.5 Å². The van der Waals surface area contributed by atoms with E-state index in [4.69, 9.17) is 0 Å². The fourth-order valence-electron chi connectivity index (χ4n) is 1.34. The van der Waals surface area contributed by atoms with Crippen molar-refractivity contribution in [2.45, 2.75) is 26.4 Å². The first-order valence-electron chi connectivity index (χ1n) is 5.36. The molecule has 0 aliphatic rings. The number of hydrogen-bond acceptors (Lipinski definition) is 5. The zero-order chi connectivity index (χ0) is 11.2. The van der Waals surface area contributed by atoms with Crippen LogP contribution in [0.2, 0.25) is 0 Å². The summed E-state index contributed by atoms with van der Waals surface area (Å²) >= 11 is 1.63. The van der Waals surface area contributed by atoms with E-state index in [2.05, 4.69) is 27.3 Å². The minimum atomic E-state index is 0.707. The Morgan fingerprint density at radius 1 is 1.44 bits per heavy atom. The Morgan fingerprint density at radius 3 is 3.12 bits per heavy atom. The second-order valence-corrected chi connectivity index (χ2v) is 4.44. The number of thiazole rings is 1. The van der Waals surface area contributed by atoms with Crippen molar-refractivity contribution in [1.82, 2.24) is 25.1 Å². The maximum atomic E-state index is 4.37. The number of nitrogens with zero attached hydrogens (tertiary/aromatic N) is 4. The van der Waals surface area contributed by atoms with Gasteiger partial charge in [-0.3, -0.25) is 0 Å². The molecule has 0 bridgehead atoms. The third-order valence-electron chi connectivity index (χ3n) is 2.07. The molecule has 0 aliphatic carbocycles. The van der Waals surface area contributed by atoms with Gasteiger partial charge < -0.3 is 5.32 Å². The van der Waals surface area contributed by atoms with Gasteiger partial charge in [0, 0.05) is 11.6 Å². The highest BCUT2D eigenvalue weighted by atomic mass is 32.1. The average molecular weight is 237 g/mol. The topological polar surface area (TPSA) is 55.6 Å². The van der Waals surface area contributed by atoms with E-state index in [1.54, 1.807) is 23.9 Å². The van der Waals surface area contributed by atoms with E-state index in [-0.39, 0.29) is 0 Å². The van der Waals surface area contributed by atoms with Gasteiger partial charge in [0.15, 0.2) is 5.82 Å². The average Bonchev–Trinajstić information content (AvgIpc) is 2.91. The number of aromatic nitrogens is 4. The van der Waals surface area contributed by atoms with Crippen LogP contribution in [0.1, 0.15) is 24.2 Å². The fourth-order valence-corrected chi connectivity index (χ4v) is 1.94. The van der Waals surface area contributed by atoms with Crippen LogP contribution in [0.25, 0.3) is 0 Å². The largest absolute Gasteiger partial charge is 0.310 e. The van der Waals surface area contributed by atoms with Crippen molar-refractivity contribution < 1.29 is 0 Å². The molecule has 0 saturated carbocycles. The molecule has 0 atom stereocenters.